The first-order chi connectivity index (χ1) is 14.5. The summed E-state index contributed by atoms with van der Waals surface area (Å²) in [6.07, 6.45) is 3.19. The Hall–Kier alpha value is -2.47. The molecule has 7 heteroatoms. The highest BCUT2D eigenvalue weighted by Gasteiger charge is 2.37. The van der Waals surface area contributed by atoms with Crippen LogP contribution in [-0.2, 0) is 5.41 Å². The van der Waals surface area contributed by atoms with Gasteiger partial charge in [0.25, 0.3) is 5.56 Å². The SMILES string of the molecule is Cl.NC[C@]1(c2cccc(Cl)c2)CC[C@@H](n2nc(C(=O)c3ccccc3)ccc2=O)CC1. The summed E-state index contributed by atoms with van der Waals surface area (Å²) in [7, 11) is 0. The van der Waals surface area contributed by atoms with E-state index in [0.717, 1.165) is 31.2 Å². The summed E-state index contributed by atoms with van der Waals surface area (Å²) in [5.41, 5.74) is 7.84. The molecule has 0 saturated heterocycles. The van der Waals surface area contributed by atoms with Crippen molar-refractivity contribution >= 4 is 29.8 Å². The van der Waals surface area contributed by atoms with E-state index in [9.17, 15) is 9.59 Å². The Morgan fingerprint density at radius 1 is 1.06 bits per heavy atom. The van der Waals surface area contributed by atoms with E-state index in [0.29, 0.717) is 17.1 Å². The molecule has 1 aliphatic rings. The fourth-order valence-corrected chi connectivity index (χ4v) is 4.56. The maximum Gasteiger partial charge on any atom is 0.267 e. The zero-order valence-electron chi connectivity index (χ0n) is 17.0. The molecule has 1 saturated carbocycles. The van der Waals surface area contributed by atoms with Crippen molar-refractivity contribution in [2.45, 2.75) is 37.1 Å². The van der Waals surface area contributed by atoms with Crippen LogP contribution in [0.15, 0.2) is 71.5 Å². The molecule has 0 bridgehead atoms. The number of benzene rings is 2. The molecule has 0 atom stereocenters. The average Bonchev–Trinajstić information content (AvgIpc) is 2.80. The number of carbonyl (C=O) groups excluding carboxylic acids is 1. The molecule has 1 heterocycles. The highest BCUT2D eigenvalue weighted by atomic mass is 35.5. The van der Waals surface area contributed by atoms with Crippen LogP contribution >= 0.6 is 24.0 Å². The van der Waals surface area contributed by atoms with E-state index in [1.165, 1.54) is 16.8 Å². The summed E-state index contributed by atoms with van der Waals surface area (Å²) in [5, 5.41) is 5.14. The van der Waals surface area contributed by atoms with E-state index in [1.807, 2.05) is 36.4 Å². The van der Waals surface area contributed by atoms with Gasteiger partial charge in [-0.3, -0.25) is 9.59 Å². The van der Waals surface area contributed by atoms with Crippen LogP contribution < -0.4 is 11.3 Å². The predicted molar refractivity (Wildman–Crippen MR) is 125 cm³/mol. The van der Waals surface area contributed by atoms with Gasteiger partial charge < -0.3 is 5.73 Å². The molecule has 31 heavy (non-hydrogen) atoms. The molecule has 1 aromatic heterocycles. The number of ketones is 1. The molecule has 5 nitrogen and oxygen atoms in total. The number of carbonyl (C=O) groups is 1. The molecular formula is C24H25Cl2N3O2. The van der Waals surface area contributed by atoms with E-state index in [-0.39, 0.29) is 40.9 Å². The zero-order chi connectivity index (χ0) is 21.1. The molecule has 3 aromatic rings. The Kier molecular flexibility index (Phi) is 7.31. The van der Waals surface area contributed by atoms with Crippen molar-refractivity contribution < 1.29 is 4.79 Å². The van der Waals surface area contributed by atoms with E-state index < -0.39 is 0 Å². The minimum atomic E-state index is -0.187. The molecule has 0 spiro atoms. The second-order valence-corrected chi connectivity index (χ2v) is 8.36. The van der Waals surface area contributed by atoms with Gasteiger partial charge in [-0.1, -0.05) is 54.1 Å². The topological polar surface area (TPSA) is 78.0 Å². The van der Waals surface area contributed by atoms with Gasteiger partial charge in [-0.2, -0.15) is 5.10 Å². The number of nitrogens with zero attached hydrogens (tertiary/aromatic N) is 2. The smallest absolute Gasteiger partial charge is 0.267 e. The molecule has 0 radical (unpaired) electrons. The highest BCUT2D eigenvalue weighted by Crippen LogP contribution is 2.42. The quantitative estimate of drug-likeness (QED) is 0.569. The second-order valence-electron chi connectivity index (χ2n) is 7.92. The van der Waals surface area contributed by atoms with Crippen LogP contribution in [0.1, 0.15) is 53.3 Å². The summed E-state index contributed by atoms with van der Waals surface area (Å²) in [6.45, 7) is 0.523. The van der Waals surface area contributed by atoms with Crippen molar-refractivity contribution in [1.29, 1.82) is 0 Å². The molecule has 162 valence electrons. The lowest BCUT2D eigenvalue weighted by Gasteiger charge is -2.40. The number of halogens is 2. The van der Waals surface area contributed by atoms with E-state index in [1.54, 1.807) is 12.1 Å². The van der Waals surface area contributed by atoms with Crippen molar-refractivity contribution in [2.75, 3.05) is 6.54 Å². The standard InChI is InChI=1S/C24H24ClN3O2.ClH/c25-19-8-4-7-18(15-19)24(16-26)13-11-20(12-14-24)28-22(29)10-9-21(27-28)23(30)17-5-2-1-3-6-17;/h1-10,15,20H,11-14,16,26H2;1H/t20-,24+;. The fraction of sp³-hybridized carbons (Fsp3) is 0.292. The molecule has 1 aliphatic carbocycles. The highest BCUT2D eigenvalue weighted by molar-refractivity contribution is 6.30. The zero-order valence-corrected chi connectivity index (χ0v) is 18.6. The summed E-state index contributed by atoms with van der Waals surface area (Å²) < 4.78 is 1.48. The summed E-state index contributed by atoms with van der Waals surface area (Å²) >= 11 is 6.20. The van der Waals surface area contributed by atoms with Gasteiger partial charge in [-0.05, 0) is 49.4 Å². The van der Waals surface area contributed by atoms with Gasteiger partial charge in [0.05, 0.1) is 6.04 Å². The Labute approximate surface area is 192 Å². The van der Waals surface area contributed by atoms with Gasteiger partial charge in [-0.25, -0.2) is 4.68 Å². The summed E-state index contributed by atoms with van der Waals surface area (Å²) in [4.78, 5) is 25.3. The summed E-state index contributed by atoms with van der Waals surface area (Å²) in [6, 6.07) is 19.7. The molecule has 0 unspecified atom stereocenters. The lowest BCUT2D eigenvalue weighted by molar-refractivity contribution is 0.103. The van der Waals surface area contributed by atoms with E-state index in [4.69, 9.17) is 17.3 Å². The fourth-order valence-electron chi connectivity index (χ4n) is 4.37. The number of aromatic nitrogens is 2. The molecular weight excluding hydrogens is 433 g/mol. The first-order valence-electron chi connectivity index (χ1n) is 10.2. The molecule has 1 fully saturated rings. The van der Waals surface area contributed by atoms with Crippen molar-refractivity contribution in [1.82, 2.24) is 9.78 Å². The Morgan fingerprint density at radius 2 is 1.77 bits per heavy atom. The molecule has 4 rings (SSSR count). The van der Waals surface area contributed by atoms with Crippen molar-refractivity contribution in [2.24, 2.45) is 5.73 Å². The normalized spacial score (nSPS) is 20.6. The minimum Gasteiger partial charge on any atom is -0.330 e. The van der Waals surface area contributed by atoms with Gasteiger partial charge in [0.1, 0.15) is 5.69 Å². The maximum absolute atomic E-state index is 12.8. The molecule has 2 N–H and O–H groups in total. The third kappa shape index (κ3) is 4.74. The number of hydrogen-bond acceptors (Lipinski definition) is 4. The molecule has 0 aliphatic heterocycles. The van der Waals surface area contributed by atoms with Crippen LogP contribution in [0, 0.1) is 0 Å². The Morgan fingerprint density at radius 3 is 2.42 bits per heavy atom. The van der Waals surface area contributed by atoms with Crippen molar-refractivity contribution in [3.8, 4) is 0 Å². The monoisotopic (exact) mass is 457 g/mol. The Balaban J connectivity index is 0.00000272. The Bertz CT molecular complexity index is 1110. The first-order valence-corrected chi connectivity index (χ1v) is 10.6. The van der Waals surface area contributed by atoms with Gasteiger partial charge in [0.2, 0.25) is 5.78 Å². The first kappa shape index (κ1) is 23.2. The van der Waals surface area contributed by atoms with E-state index >= 15 is 0 Å². The number of hydrogen-bond donors (Lipinski definition) is 1. The van der Waals surface area contributed by atoms with Gasteiger partial charge in [-0.15, -0.1) is 12.4 Å². The van der Waals surface area contributed by atoms with Gasteiger partial charge >= 0.3 is 0 Å². The van der Waals surface area contributed by atoms with E-state index in [2.05, 4.69) is 11.2 Å². The lowest BCUT2D eigenvalue weighted by atomic mass is 9.68. The third-order valence-electron chi connectivity index (χ3n) is 6.18. The molecule has 2 aromatic carbocycles. The van der Waals surface area contributed by atoms with Crippen LogP contribution in [0.3, 0.4) is 0 Å². The van der Waals surface area contributed by atoms with Crippen molar-refractivity contribution in [3.05, 3.63) is 98.9 Å². The van der Waals surface area contributed by atoms with Crippen LogP contribution in [0.25, 0.3) is 0 Å². The number of rotatable bonds is 5. The predicted octanol–water partition coefficient (Wildman–Crippen LogP) is 4.56. The maximum atomic E-state index is 12.8. The van der Waals surface area contributed by atoms with Crippen LogP contribution in [-0.4, -0.2) is 22.1 Å². The third-order valence-corrected chi connectivity index (χ3v) is 6.41. The lowest BCUT2D eigenvalue weighted by Crippen LogP contribution is -2.41. The van der Waals surface area contributed by atoms with Crippen molar-refractivity contribution in [3.63, 3.8) is 0 Å². The average molecular weight is 458 g/mol. The van der Waals surface area contributed by atoms with Crippen LogP contribution in [0.4, 0.5) is 0 Å². The summed E-state index contributed by atoms with van der Waals surface area (Å²) in [5.74, 6) is -0.185. The largest absolute Gasteiger partial charge is 0.330 e. The van der Waals surface area contributed by atoms with Gasteiger partial charge in [0.15, 0.2) is 0 Å². The van der Waals surface area contributed by atoms with Gasteiger partial charge in [0, 0.05) is 28.6 Å². The molecule has 0 amide bonds. The van der Waals surface area contributed by atoms with Crippen LogP contribution in [0.5, 0.6) is 0 Å². The minimum absolute atomic E-state index is 0. The second kappa shape index (κ2) is 9.77. The number of nitrogens with two attached hydrogens (primary N) is 1. The van der Waals surface area contributed by atoms with Crippen LogP contribution in [0.2, 0.25) is 5.02 Å².